The zero-order valence-electron chi connectivity index (χ0n) is 8.84. The van der Waals surface area contributed by atoms with E-state index in [0.717, 1.165) is 25.7 Å². The van der Waals surface area contributed by atoms with Crippen molar-refractivity contribution in [1.29, 1.82) is 0 Å². The summed E-state index contributed by atoms with van der Waals surface area (Å²) in [7, 11) is 0. The van der Waals surface area contributed by atoms with Crippen LogP contribution in [0.1, 0.15) is 45.4 Å². The summed E-state index contributed by atoms with van der Waals surface area (Å²) in [5.74, 6) is -0.199. The van der Waals surface area contributed by atoms with Gasteiger partial charge in [-0.2, -0.15) is 0 Å². The number of nitrogens with two attached hydrogens (primary N) is 1. The molecule has 2 saturated carbocycles. The third-order valence-corrected chi connectivity index (χ3v) is 3.84. The van der Waals surface area contributed by atoms with Gasteiger partial charge < -0.3 is 10.5 Å². The van der Waals surface area contributed by atoms with Crippen LogP contribution in [0.5, 0.6) is 0 Å². The van der Waals surface area contributed by atoms with Crippen molar-refractivity contribution in [1.82, 2.24) is 0 Å². The molecule has 2 rings (SSSR count). The van der Waals surface area contributed by atoms with E-state index in [4.69, 9.17) is 10.5 Å². The molecule has 3 heteroatoms. The molecule has 80 valence electrons. The van der Waals surface area contributed by atoms with Crippen LogP contribution in [0.3, 0.4) is 0 Å². The van der Waals surface area contributed by atoms with Crippen LogP contribution in [0.4, 0.5) is 0 Å². The molecule has 0 aromatic carbocycles. The SMILES string of the molecule is CCOC(=O)C1(N)CCC2(CC2)CC1. The summed E-state index contributed by atoms with van der Waals surface area (Å²) in [6.45, 7) is 2.26. The Labute approximate surface area is 85.0 Å². The molecule has 0 atom stereocenters. The fourth-order valence-electron chi connectivity index (χ4n) is 2.38. The normalized spacial score (nSPS) is 27.3. The van der Waals surface area contributed by atoms with Gasteiger partial charge in [0.1, 0.15) is 5.54 Å². The summed E-state index contributed by atoms with van der Waals surface area (Å²) in [6.07, 6.45) is 6.53. The Morgan fingerprint density at radius 1 is 1.21 bits per heavy atom. The highest BCUT2D eigenvalue weighted by Crippen LogP contribution is 2.57. The third kappa shape index (κ3) is 1.65. The summed E-state index contributed by atoms with van der Waals surface area (Å²) >= 11 is 0. The molecule has 1 spiro atoms. The molecule has 2 aliphatic rings. The van der Waals surface area contributed by atoms with E-state index in [-0.39, 0.29) is 5.97 Å². The van der Waals surface area contributed by atoms with Crippen molar-refractivity contribution in [3.05, 3.63) is 0 Å². The lowest BCUT2D eigenvalue weighted by Crippen LogP contribution is -2.51. The van der Waals surface area contributed by atoms with Gasteiger partial charge in [0.15, 0.2) is 0 Å². The first-order chi connectivity index (χ1) is 6.60. The van der Waals surface area contributed by atoms with E-state index in [1.54, 1.807) is 0 Å². The number of hydrogen-bond donors (Lipinski definition) is 1. The monoisotopic (exact) mass is 197 g/mol. The Kier molecular flexibility index (Phi) is 2.30. The summed E-state index contributed by atoms with van der Waals surface area (Å²) in [5.41, 5.74) is 5.97. The topological polar surface area (TPSA) is 52.3 Å². The molecule has 14 heavy (non-hydrogen) atoms. The molecule has 0 heterocycles. The highest BCUT2D eigenvalue weighted by molar-refractivity contribution is 5.80. The second kappa shape index (κ2) is 3.23. The van der Waals surface area contributed by atoms with E-state index < -0.39 is 5.54 Å². The summed E-state index contributed by atoms with van der Waals surface area (Å²) in [6, 6.07) is 0. The van der Waals surface area contributed by atoms with E-state index in [1.807, 2.05) is 6.92 Å². The largest absolute Gasteiger partial charge is 0.465 e. The lowest BCUT2D eigenvalue weighted by molar-refractivity contribution is -0.151. The standard InChI is InChI=1S/C11H19NO2/c1-2-14-9(13)11(12)7-5-10(3-4-10)6-8-11/h2-8,12H2,1H3. The molecule has 2 fully saturated rings. The quantitative estimate of drug-likeness (QED) is 0.684. The van der Waals surface area contributed by atoms with Crippen LogP contribution in [0.2, 0.25) is 0 Å². The van der Waals surface area contributed by atoms with Crippen molar-refractivity contribution in [2.45, 2.75) is 51.0 Å². The molecule has 0 saturated heterocycles. The Balaban J connectivity index is 1.93. The van der Waals surface area contributed by atoms with E-state index in [1.165, 1.54) is 12.8 Å². The Morgan fingerprint density at radius 2 is 1.71 bits per heavy atom. The number of ether oxygens (including phenoxy) is 1. The van der Waals surface area contributed by atoms with Gasteiger partial charge >= 0.3 is 5.97 Å². The Bertz CT molecular complexity index is 236. The van der Waals surface area contributed by atoms with Gasteiger partial charge in [-0.25, -0.2) is 0 Å². The molecule has 2 N–H and O–H groups in total. The molecule has 3 nitrogen and oxygen atoms in total. The summed E-state index contributed by atoms with van der Waals surface area (Å²) in [5, 5.41) is 0. The van der Waals surface area contributed by atoms with E-state index in [2.05, 4.69) is 0 Å². The third-order valence-electron chi connectivity index (χ3n) is 3.84. The molecule has 0 aromatic rings. The second-order valence-electron chi connectivity index (χ2n) is 4.88. The lowest BCUT2D eigenvalue weighted by Gasteiger charge is -2.35. The van der Waals surface area contributed by atoms with Gasteiger partial charge in [-0.3, -0.25) is 4.79 Å². The molecular formula is C11H19NO2. The van der Waals surface area contributed by atoms with Crippen molar-refractivity contribution < 1.29 is 9.53 Å². The maximum Gasteiger partial charge on any atom is 0.326 e. The van der Waals surface area contributed by atoms with Crippen LogP contribution in [-0.4, -0.2) is 18.1 Å². The second-order valence-corrected chi connectivity index (χ2v) is 4.88. The van der Waals surface area contributed by atoms with Crippen molar-refractivity contribution in [2.24, 2.45) is 11.1 Å². The fraction of sp³-hybridized carbons (Fsp3) is 0.909. The van der Waals surface area contributed by atoms with Crippen LogP contribution >= 0.6 is 0 Å². The molecule has 0 amide bonds. The van der Waals surface area contributed by atoms with E-state index in [0.29, 0.717) is 12.0 Å². The molecular weight excluding hydrogens is 178 g/mol. The number of carbonyl (C=O) groups excluding carboxylic acids is 1. The predicted octanol–water partition coefficient (Wildman–Crippen LogP) is 1.60. The number of hydrogen-bond acceptors (Lipinski definition) is 3. The van der Waals surface area contributed by atoms with Gasteiger partial charge in [0, 0.05) is 0 Å². The first kappa shape index (κ1) is 9.97. The maximum atomic E-state index is 11.6. The highest BCUT2D eigenvalue weighted by atomic mass is 16.5. The van der Waals surface area contributed by atoms with Crippen molar-refractivity contribution >= 4 is 5.97 Å². The van der Waals surface area contributed by atoms with Gasteiger partial charge in [-0.15, -0.1) is 0 Å². The number of carbonyl (C=O) groups is 1. The minimum absolute atomic E-state index is 0.199. The van der Waals surface area contributed by atoms with E-state index in [9.17, 15) is 4.79 Å². The molecule has 0 aromatic heterocycles. The van der Waals surface area contributed by atoms with Crippen molar-refractivity contribution in [3.8, 4) is 0 Å². The van der Waals surface area contributed by atoms with Crippen LogP contribution < -0.4 is 5.73 Å². The smallest absolute Gasteiger partial charge is 0.326 e. The zero-order chi connectivity index (χ0) is 10.2. The van der Waals surface area contributed by atoms with Crippen molar-refractivity contribution in [2.75, 3.05) is 6.61 Å². The average molecular weight is 197 g/mol. The predicted molar refractivity (Wildman–Crippen MR) is 53.7 cm³/mol. The first-order valence-electron chi connectivity index (χ1n) is 5.56. The lowest BCUT2D eigenvalue weighted by atomic mass is 9.75. The van der Waals surface area contributed by atoms with Gasteiger partial charge in [-0.05, 0) is 50.9 Å². The number of esters is 1. The molecule has 0 unspecified atom stereocenters. The highest BCUT2D eigenvalue weighted by Gasteiger charge is 2.50. The summed E-state index contributed by atoms with van der Waals surface area (Å²) < 4.78 is 5.01. The minimum atomic E-state index is -0.677. The molecule has 0 radical (unpaired) electrons. The van der Waals surface area contributed by atoms with Gasteiger partial charge in [0.25, 0.3) is 0 Å². The van der Waals surface area contributed by atoms with Crippen LogP contribution in [0.25, 0.3) is 0 Å². The van der Waals surface area contributed by atoms with Crippen LogP contribution in [-0.2, 0) is 9.53 Å². The van der Waals surface area contributed by atoms with E-state index >= 15 is 0 Å². The Morgan fingerprint density at radius 3 is 2.14 bits per heavy atom. The minimum Gasteiger partial charge on any atom is -0.465 e. The molecule has 0 aliphatic heterocycles. The fourth-order valence-corrected chi connectivity index (χ4v) is 2.38. The van der Waals surface area contributed by atoms with Crippen LogP contribution in [0, 0.1) is 5.41 Å². The first-order valence-corrected chi connectivity index (χ1v) is 5.56. The average Bonchev–Trinajstić information content (AvgIpc) is 2.92. The number of rotatable bonds is 2. The Hall–Kier alpha value is -0.570. The summed E-state index contributed by atoms with van der Waals surface area (Å²) in [4.78, 5) is 11.6. The van der Waals surface area contributed by atoms with Crippen molar-refractivity contribution in [3.63, 3.8) is 0 Å². The maximum absolute atomic E-state index is 11.6. The van der Waals surface area contributed by atoms with Gasteiger partial charge in [0.05, 0.1) is 6.61 Å². The van der Waals surface area contributed by atoms with Crippen LogP contribution in [0.15, 0.2) is 0 Å². The van der Waals surface area contributed by atoms with Gasteiger partial charge in [0.2, 0.25) is 0 Å². The molecule has 0 bridgehead atoms. The zero-order valence-corrected chi connectivity index (χ0v) is 8.84. The van der Waals surface area contributed by atoms with Gasteiger partial charge in [-0.1, -0.05) is 0 Å². The molecule has 2 aliphatic carbocycles.